The summed E-state index contributed by atoms with van der Waals surface area (Å²) in [5.74, 6) is 1.09. The highest BCUT2D eigenvalue weighted by Crippen LogP contribution is 2.40. The van der Waals surface area contributed by atoms with Gasteiger partial charge in [-0.15, -0.1) is 0 Å². The summed E-state index contributed by atoms with van der Waals surface area (Å²) in [4.78, 5) is 2.38. The third kappa shape index (κ3) is 2.99. The molecule has 0 radical (unpaired) electrons. The lowest BCUT2D eigenvalue weighted by Gasteiger charge is -2.31. The van der Waals surface area contributed by atoms with Crippen molar-refractivity contribution in [3.8, 4) is 11.8 Å². The topological polar surface area (TPSA) is 36.3 Å². The molecular weight excluding hydrogens is 316 g/mol. The molecule has 0 saturated carbocycles. The first kappa shape index (κ1) is 15.3. The summed E-state index contributed by atoms with van der Waals surface area (Å²) in [6, 6.07) is 8.54. The van der Waals surface area contributed by atoms with Crippen LogP contribution >= 0.6 is 15.9 Å². The minimum atomic E-state index is 0.0179. The van der Waals surface area contributed by atoms with Gasteiger partial charge in [0.05, 0.1) is 19.1 Å². The normalized spacial score (nSPS) is 23.6. The minimum Gasteiger partial charge on any atom is -0.496 e. The van der Waals surface area contributed by atoms with E-state index in [1.807, 2.05) is 12.1 Å². The lowest BCUT2D eigenvalue weighted by molar-refractivity contribution is 0.170. The van der Waals surface area contributed by atoms with Crippen molar-refractivity contribution in [2.24, 2.45) is 5.92 Å². The maximum absolute atomic E-state index is 9.47. The van der Waals surface area contributed by atoms with Crippen LogP contribution in [-0.4, -0.2) is 30.6 Å². The van der Waals surface area contributed by atoms with Crippen LogP contribution in [0.15, 0.2) is 22.7 Å². The minimum absolute atomic E-state index is 0.0179. The Labute approximate surface area is 129 Å². The molecule has 0 aliphatic carbocycles. The molecule has 0 spiro atoms. The van der Waals surface area contributed by atoms with E-state index in [4.69, 9.17) is 4.74 Å². The van der Waals surface area contributed by atoms with E-state index in [1.165, 1.54) is 0 Å². The van der Waals surface area contributed by atoms with E-state index >= 15 is 0 Å². The first-order valence-corrected chi connectivity index (χ1v) is 7.64. The quantitative estimate of drug-likeness (QED) is 0.824. The summed E-state index contributed by atoms with van der Waals surface area (Å²) in [5, 5.41) is 9.47. The lowest BCUT2D eigenvalue weighted by atomic mass is 9.89. The van der Waals surface area contributed by atoms with E-state index in [2.05, 4.69) is 53.7 Å². The van der Waals surface area contributed by atoms with Crippen molar-refractivity contribution >= 4 is 15.9 Å². The van der Waals surface area contributed by atoms with Gasteiger partial charge >= 0.3 is 0 Å². The second kappa shape index (κ2) is 5.75. The highest BCUT2D eigenvalue weighted by atomic mass is 79.9. The Hall–Kier alpha value is -1.05. The second-order valence-corrected chi connectivity index (χ2v) is 7.22. The van der Waals surface area contributed by atoms with E-state index in [9.17, 15) is 5.26 Å². The fourth-order valence-electron chi connectivity index (χ4n) is 2.79. The van der Waals surface area contributed by atoms with Gasteiger partial charge in [-0.2, -0.15) is 5.26 Å². The van der Waals surface area contributed by atoms with E-state index in [1.54, 1.807) is 7.11 Å². The van der Waals surface area contributed by atoms with Crippen molar-refractivity contribution < 1.29 is 4.74 Å². The Kier molecular flexibility index (Phi) is 4.41. The molecule has 4 heteroatoms. The number of rotatable bonds is 2. The van der Waals surface area contributed by atoms with Gasteiger partial charge in [-0.05, 0) is 38.5 Å². The van der Waals surface area contributed by atoms with Gasteiger partial charge in [0.1, 0.15) is 5.75 Å². The van der Waals surface area contributed by atoms with Crippen molar-refractivity contribution in [1.82, 2.24) is 4.90 Å². The Morgan fingerprint density at radius 2 is 2.05 bits per heavy atom. The van der Waals surface area contributed by atoms with Crippen LogP contribution in [0.4, 0.5) is 0 Å². The van der Waals surface area contributed by atoms with E-state index in [0.717, 1.165) is 28.9 Å². The Bertz CT molecular complexity index is 530. The molecule has 20 heavy (non-hydrogen) atoms. The zero-order valence-corrected chi connectivity index (χ0v) is 14.1. The van der Waals surface area contributed by atoms with Crippen molar-refractivity contribution in [3.05, 3.63) is 28.2 Å². The van der Waals surface area contributed by atoms with Crippen molar-refractivity contribution in [2.75, 3.05) is 20.2 Å². The highest BCUT2D eigenvalue weighted by Gasteiger charge is 2.39. The van der Waals surface area contributed by atoms with Gasteiger partial charge in [0.25, 0.3) is 0 Å². The van der Waals surface area contributed by atoms with Crippen molar-refractivity contribution in [3.63, 3.8) is 0 Å². The maximum Gasteiger partial charge on any atom is 0.123 e. The molecule has 1 aromatic rings. The summed E-state index contributed by atoms with van der Waals surface area (Å²) in [5.41, 5.74) is 1.22. The molecule has 1 aliphatic heterocycles. The number of halogens is 1. The number of hydrogen-bond acceptors (Lipinski definition) is 3. The van der Waals surface area contributed by atoms with Crippen LogP contribution in [0.3, 0.4) is 0 Å². The van der Waals surface area contributed by atoms with Crippen LogP contribution in [0.25, 0.3) is 0 Å². The van der Waals surface area contributed by atoms with Crippen molar-refractivity contribution in [1.29, 1.82) is 5.26 Å². The molecule has 1 fully saturated rings. The molecule has 0 bridgehead atoms. The Balaban J connectivity index is 2.35. The summed E-state index contributed by atoms with van der Waals surface area (Å²) in [7, 11) is 1.68. The number of methoxy groups -OCH3 is 1. The third-order valence-corrected chi connectivity index (χ3v) is 4.52. The average molecular weight is 337 g/mol. The standard InChI is InChI=1S/C16H21BrN2O/c1-16(2,3)19-9-11(8-18)14(10-19)13-6-5-12(17)7-15(13)20-4/h5-7,11,14H,9-10H2,1-4H3/t11-,14-/m1/s1. The molecular formula is C16H21BrN2O. The number of hydrogen-bond donors (Lipinski definition) is 0. The fraction of sp³-hybridized carbons (Fsp3) is 0.562. The molecule has 1 heterocycles. The first-order valence-electron chi connectivity index (χ1n) is 6.85. The number of benzene rings is 1. The van der Waals surface area contributed by atoms with Gasteiger partial charge < -0.3 is 4.74 Å². The van der Waals surface area contributed by atoms with Crippen LogP contribution in [0.2, 0.25) is 0 Å². The summed E-state index contributed by atoms with van der Waals surface area (Å²) >= 11 is 3.47. The second-order valence-electron chi connectivity index (χ2n) is 6.30. The number of nitrogens with zero attached hydrogens (tertiary/aromatic N) is 2. The van der Waals surface area contributed by atoms with E-state index in [0.29, 0.717) is 0 Å². The molecule has 1 aliphatic rings. The molecule has 0 aromatic heterocycles. The maximum atomic E-state index is 9.47. The smallest absolute Gasteiger partial charge is 0.123 e. The van der Waals surface area contributed by atoms with E-state index < -0.39 is 0 Å². The fourth-order valence-corrected chi connectivity index (χ4v) is 3.13. The monoisotopic (exact) mass is 336 g/mol. The average Bonchev–Trinajstić information content (AvgIpc) is 2.82. The van der Waals surface area contributed by atoms with Gasteiger partial charge in [-0.1, -0.05) is 22.0 Å². The Morgan fingerprint density at radius 3 is 2.60 bits per heavy atom. The predicted octanol–water partition coefficient (Wildman–Crippen LogP) is 3.80. The molecule has 3 nitrogen and oxygen atoms in total. The van der Waals surface area contributed by atoms with Gasteiger partial charge in [-0.3, -0.25) is 4.90 Å². The predicted molar refractivity (Wildman–Crippen MR) is 83.9 cm³/mol. The van der Waals surface area contributed by atoms with Crippen LogP contribution in [0.5, 0.6) is 5.75 Å². The highest BCUT2D eigenvalue weighted by molar-refractivity contribution is 9.10. The summed E-state index contributed by atoms with van der Waals surface area (Å²) in [6.07, 6.45) is 0. The summed E-state index contributed by atoms with van der Waals surface area (Å²) < 4.78 is 6.49. The lowest BCUT2D eigenvalue weighted by Crippen LogP contribution is -2.39. The molecule has 2 rings (SSSR count). The van der Waals surface area contributed by atoms with Crippen LogP contribution < -0.4 is 4.74 Å². The van der Waals surface area contributed by atoms with Crippen molar-refractivity contribution in [2.45, 2.75) is 32.2 Å². The Morgan fingerprint density at radius 1 is 1.35 bits per heavy atom. The van der Waals surface area contributed by atoms with Gasteiger partial charge in [0.2, 0.25) is 0 Å². The largest absolute Gasteiger partial charge is 0.496 e. The zero-order valence-electron chi connectivity index (χ0n) is 12.5. The molecule has 0 N–H and O–H groups in total. The van der Waals surface area contributed by atoms with E-state index in [-0.39, 0.29) is 17.4 Å². The molecule has 2 atom stereocenters. The summed E-state index contributed by atoms with van der Waals surface area (Å²) in [6.45, 7) is 8.32. The van der Waals surface area contributed by atoms with Crippen LogP contribution in [-0.2, 0) is 0 Å². The van der Waals surface area contributed by atoms with Crippen LogP contribution in [0.1, 0.15) is 32.3 Å². The zero-order chi connectivity index (χ0) is 14.9. The third-order valence-electron chi connectivity index (χ3n) is 4.03. The molecule has 1 aromatic carbocycles. The van der Waals surface area contributed by atoms with Gasteiger partial charge in [0, 0.05) is 29.0 Å². The number of ether oxygens (including phenoxy) is 1. The number of nitriles is 1. The van der Waals surface area contributed by atoms with Crippen LogP contribution in [0, 0.1) is 17.2 Å². The number of likely N-dealkylation sites (tertiary alicyclic amines) is 1. The van der Waals surface area contributed by atoms with Gasteiger partial charge in [-0.25, -0.2) is 0 Å². The molecule has 0 amide bonds. The molecule has 0 unspecified atom stereocenters. The van der Waals surface area contributed by atoms with Gasteiger partial charge in [0.15, 0.2) is 0 Å². The molecule has 1 saturated heterocycles. The first-order chi connectivity index (χ1) is 9.36. The molecule has 108 valence electrons. The SMILES string of the molecule is COc1cc(Br)ccc1[C@@H]1CN(C(C)(C)C)C[C@H]1C#N.